The number of piperazine rings is 1. The number of carbonyl (C=O) groups excluding carboxylic acids is 1. The highest BCUT2D eigenvalue weighted by Gasteiger charge is 2.14. The highest BCUT2D eigenvalue weighted by Crippen LogP contribution is 2.09. The number of benzene rings is 1. The first kappa shape index (κ1) is 16.1. The van der Waals surface area contributed by atoms with Crippen LogP contribution < -0.4 is 5.43 Å². The van der Waals surface area contributed by atoms with E-state index in [1.165, 1.54) is 0 Å². The molecule has 0 atom stereocenters. The van der Waals surface area contributed by atoms with Crippen LogP contribution in [0, 0.1) is 0 Å². The van der Waals surface area contributed by atoms with Gasteiger partial charge in [0.2, 0.25) is 5.91 Å². The van der Waals surface area contributed by atoms with Gasteiger partial charge in [0.1, 0.15) is 0 Å². The summed E-state index contributed by atoms with van der Waals surface area (Å²) in [6, 6.07) is 7.76. The predicted molar refractivity (Wildman–Crippen MR) is 88.4 cm³/mol. The zero-order valence-electron chi connectivity index (χ0n) is 12.3. The Labute approximate surface area is 134 Å². The van der Waals surface area contributed by atoms with Gasteiger partial charge in [-0.25, -0.2) is 5.43 Å². The lowest BCUT2D eigenvalue weighted by Crippen LogP contribution is -2.45. The van der Waals surface area contributed by atoms with Gasteiger partial charge < -0.3 is 9.80 Å². The van der Waals surface area contributed by atoms with Gasteiger partial charge in [-0.3, -0.25) is 4.79 Å². The van der Waals surface area contributed by atoms with Crippen molar-refractivity contribution in [2.45, 2.75) is 6.42 Å². The summed E-state index contributed by atoms with van der Waals surface area (Å²) in [4.78, 5) is 16.4. The van der Waals surface area contributed by atoms with Crippen molar-refractivity contribution in [1.82, 2.24) is 15.2 Å². The fourth-order valence-electron chi connectivity index (χ4n) is 2.15. The average molecular weight is 353 g/mol. The smallest absolute Gasteiger partial charge is 0.241 e. The van der Waals surface area contributed by atoms with E-state index in [-0.39, 0.29) is 5.91 Å². The third-order valence-electron chi connectivity index (χ3n) is 3.50. The Morgan fingerprint density at radius 3 is 2.86 bits per heavy atom. The number of nitrogens with one attached hydrogen (secondary N) is 1. The fraction of sp³-hybridized carbons (Fsp3) is 0.467. The second-order valence-electron chi connectivity index (χ2n) is 5.24. The van der Waals surface area contributed by atoms with Gasteiger partial charge in [0.15, 0.2) is 0 Å². The van der Waals surface area contributed by atoms with Gasteiger partial charge in [0, 0.05) is 43.6 Å². The van der Waals surface area contributed by atoms with Crippen LogP contribution in [0.2, 0.25) is 0 Å². The van der Waals surface area contributed by atoms with Crippen LogP contribution in [0.3, 0.4) is 0 Å². The molecule has 0 bridgehead atoms. The van der Waals surface area contributed by atoms with Gasteiger partial charge in [0.25, 0.3) is 0 Å². The van der Waals surface area contributed by atoms with Gasteiger partial charge in [-0.05, 0) is 24.7 Å². The van der Waals surface area contributed by atoms with E-state index >= 15 is 0 Å². The van der Waals surface area contributed by atoms with Gasteiger partial charge in [0.05, 0.1) is 6.21 Å². The van der Waals surface area contributed by atoms with E-state index in [2.05, 4.69) is 43.3 Å². The third-order valence-corrected chi connectivity index (χ3v) is 4.00. The molecular weight excluding hydrogens is 332 g/mol. The molecule has 0 aliphatic carbocycles. The van der Waals surface area contributed by atoms with E-state index in [9.17, 15) is 4.79 Å². The molecule has 114 valence electrons. The Kier molecular flexibility index (Phi) is 6.35. The molecule has 1 heterocycles. The zero-order valence-corrected chi connectivity index (χ0v) is 13.8. The minimum absolute atomic E-state index is 0.0415. The quantitative estimate of drug-likeness (QED) is 0.645. The van der Waals surface area contributed by atoms with Gasteiger partial charge in [-0.15, -0.1) is 0 Å². The molecule has 0 saturated carbocycles. The summed E-state index contributed by atoms with van der Waals surface area (Å²) in [5.74, 6) is -0.0415. The lowest BCUT2D eigenvalue weighted by molar-refractivity contribution is -0.121. The molecular formula is C15H21BrN4O. The summed E-state index contributed by atoms with van der Waals surface area (Å²) in [5, 5.41) is 3.99. The summed E-state index contributed by atoms with van der Waals surface area (Å²) in [6.07, 6.45) is 2.14. The lowest BCUT2D eigenvalue weighted by atomic mass is 10.2. The molecule has 1 aromatic carbocycles. The third kappa shape index (κ3) is 5.95. The summed E-state index contributed by atoms with van der Waals surface area (Å²) in [7, 11) is 2.13. The van der Waals surface area contributed by atoms with E-state index in [1.807, 2.05) is 24.3 Å². The van der Waals surface area contributed by atoms with Crippen molar-refractivity contribution in [1.29, 1.82) is 0 Å². The van der Waals surface area contributed by atoms with E-state index in [0.29, 0.717) is 6.42 Å². The second kappa shape index (κ2) is 8.26. The van der Waals surface area contributed by atoms with Gasteiger partial charge in [-0.2, -0.15) is 5.10 Å². The number of hydrogen-bond acceptors (Lipinski definition) is 4. The number of halogens is 1. The fourth-order valence-corrected chi connectivity index (χ4v) is 2.57. The highest BCUT2D eigenvalue weighted by molar-refractivity contribution is 9.10. The predicted octanol–water partition coefficient (Wildman–Crippen LogP) is 1.54. The van der Waals surface area contributed by atoms with E-state index in [0.717, 1.165) is 42.8 Å². The van der Waals surface area contributed by atoms with Crippen LogP contribution in [0.5, 0.6) is 0 Å². The summed E-state index contributed by atoms with van der Waals surface area (Å²) < 4.78 is 0.993. The van der Waals surface area contributed by atoms with E-state index in [1.54, 1.807) is 6.21 Å². The van der Waals surface area contributed by atoms with Crippen molar-refractivity contribution >= 4 is 28.1 Å². The summed E-state index contributed by atoms with van der Waals surface area (Å²) >= 11 is 3.40. The molecule has 1 fully saturated rings. The number of amides is 1. The lowest BCUT2D eigenvalue weighted by Gasteiger charge is -2.32. The molecule has 0 spiro atoms. The van der Waals surface area contributed by atoms with Crippen LogP contribution in [-0.4, -0.2) is 61.7 Å². The van der Waals surface area contributed by atoms with Gasteiger partial charge >= 0.3 is 0 Å². The van der Waals surface area contributed by atoms with Crippen LogP contribution in [0.15, 0.2) is 33.8 Å². The van der Waals surface area contributed by atoms with E-state index in [4.69, 9.17) is 0 Å². The number of likely N-dealkylation sites (N-methyl/N-ethyl adjacent to an activating group) is 1. The van der Waals surface area contributed by atoms with Crippen LogP contribution >= 0.6 is 15.9 Å². The van der Waals surface area contributed by atoms with Crippen LogP contribution in [0.25, 0.3) is 0 Å². The number of hydrogen-bond donors (Lipinski definition) is 1. The monoisotopic (exact) mass is 352 g/mol. The number of hydrazone groups is 1. The maximum Gasteiger partial charge on any atom is 0.241 e. The molecule has 1 aromatic rings. The van der Waals surface area contributed by atoms with E-state index < -0.39 is 0 Å². The van der Waals surface area contributed by atoms with Crippen molar-refractivity contribution in [3.8, 4) is 0 Å². The van der Waals surface area contributed by atoms with Crippen molar-refractivity contribution in [3.05, 3.63) is 34.3 Å². The first-order valence-corrected chi connectivity index (χ1v) is 7.91. The second-order valence-corrected chi connectivity index (χ2v) is 6.16. The topological polar surface area (TPSA) is 47.9 Å². The summed E-state index contributed by atoms with van der Waals surface area (Å²) in [5.41, 5.74) is 3.52. The number of rotatable bonds is 5. The minimum Gasteiger partial charge on any atom is -0.304 e. The van der Waals surface area contributed by atoms with Crippen molar-refractivity contribution in [2.24, 2.45) is 5.10 Å². The molecule has 1 saturated heterocycles. The molecule has 0 aromatic heterocycles. The molecule has 0 radical (unpaired) electrons. The van der Waals surface area contributed by atoms with Crippen LogP contribution in [-0.2, 0) is 4.79 Å². The number of carbonyl (C=O) groups is 1. The maximum absolute atomic E-state index is 11.7. The Hall–Kier alpha value is -1.24. The molecule has 2 rings (SSSR count). The minimum atomic E-state index is -0.0415. The first-order valence-electron chi connectivity index (χ1n) is 7.12. The molecule has 0 unspecified atom stereocenters. The average Bonchev–Trinajstić information content (AvgIpc) is 2.47. The molecule has 1 aliphatic heterocycles. The van der Waals surface area contributed by atoms with Crippen LogP contribution in [0.4, 0.5) is 0 Å². The Balaban J connectivity index is 1.68. The van der Waals surface area contributed by atoms with Crippen molar-refractivity contribution < 1.29 is 4.79 Å². The normalized spacial score (nSPS) is 17.2. The van der Waals surface area contributed by atoms with Crippen molar-refractivity contribution in [2.75, 3.05) is 39.8 Å². The highest BCUT2D eigenvalue weighted by atomic mass is 79.9. The molecule has 1 aliphatic rings. The van der Waals surface area contributed by atoms with Crippen molar-refractivity contribution in [3.63, 3.8) is 0 Å². The Morgan fingerprint density at radius 1 is 1.38 bits per heavy atom. The summed E-state index contributed by atoms with van der Waals surface area (Å²) in [6.45, 7) is 5.01. The molecule has 1 amide bonds. The molecule has 6 heteroatoms. The molecule has 5 nitrogen and oxygen atoms in total. The largest absolute Gasteiger partial charge is 0.304 e. The van der Waals surface area contributed by atoms with Crippen LogP contribution in [0.1, 0.15) is 12.0 Å². The Morgan fingerprint density at radius 2 is 2.14 bits per heavy atom. The maximum atomic E-state index is 11.7. The Bertz CT molecular complexity index is 498. The molecule has 1 N–H and O–H groups in total. The first-order chi connectivity index (χ1) is 10.1. The van der Waals surface area contributed by atoms with Gasteiger partial charge in [-0.1, -0.05) is 28.1 Å². The SMILES string of the molecule is CN1CCN(CCC(=O)NN=Cc2cccc(Br)c2)CC1. The zero-order chi connectivity index (χ0) is 15.1. The molecule has 21 heavy (non-hydrogen) atoms. The standard InChI is InChI=1S/C15H21BrN4O/c1-19-7-9-20(10-8-19)6-5-15(21)18-17-12-13-3-2-4-14(16)11-13/h2-4,11-12H,5-10H2,1H3,(H,18,21). The number of nitrogens with zero attached hydrogens (tertiary/aromatic N) is 3.